The van der Waals surface area contributed by atoms with Crippen molar-refractivity contribution in [2.24, 2.45) is 13.0 Å². The van der Waals surface area contributed by atoms with Crippen LogP contribution >= 0.6 is 31.1 Å². The molecule has 77 heavy (non-hydrogen) atoms. The molecule has 3 aliphatic heterocycles. The Hall–Kier alpha value is -4.62. The fourth-order valence-corrected chi connectivity index (χ4v) is 14.1. The molecule has 37 nitrogen and oxygen atoms in total. The number of phosphoric ester groups is 2. The van der Waals surface area contributed by atoms with Gasteiger partial charge in [-0.15, -0.1) is 0 Å². The zero-order valence-electron chi connectivity index (χ0n) is 40.2. The fraction of sp³-hybridized carbons (Fsp3) is 0.611. The van der Waals surface area contributed by atoms with E-state index in [2.05, 4.69) is 33.5 Å². The minimum absolute atomic E-state index is 0.0129. The second-order valence-electron chi connectivity index (χ2n) is 17.3. The number of aromatic nitrogens is 10. The first-order valence-electron chi connectivity index (χ1n) is 22.5. The van der Waals surface area contributed by atoms with Crippen LogP contribution in [0.1, 0.15) is 25.1 Å². The number of aromatic amines is 2. The van der Waals surface area contributed by atoms with Gasteiger partial charge in [-0.05, 0) is 6.42 Å². The lowest BCUT2D eigenvalue weighted by atomic mass is 9.95. The van der Waals surface area contributed by atoms with Crippen molar-refractivity contribution in [1.29, 1.82) is 0 Å². The number of nitrogens with zero attached hydrogens (tertiary/aromatic N) is 8. The number of aryl methyl sites for hydroxylation is 1. The predicted octanol–water partition coefficient (Wildman–Crippen LogP) is -4.13. The zero-order chi connectivity index (χ0) is 55.9. The van der Waals surface area contributed by atoms with Crippen LogP contribution in [0.15, 0.2) is 45.6 Å². The molecule has 4 unspecified atom stereocenters. The molecule has 16 atom stereocenters. The van der Waals surface area contributed by atoms with Crippen LogP contribution in [0.5, 0.6) is 0 Å². The molecule has 3 aliphatic rings. The molecule has 0 amide bonds. The lowest BCUT2D eigenvalue weighted by Crippen LogP contribution is -2.45. The fourth-order valence-electron chi connectivity index (χ4n) is 8.88. The smallest absolute Gasteiger partial charge is 0.490 e. The van der Waals surface area contributed by atoms with E-state index < -0.39 is 141 Å². The zero-order valence-corrected chi connectivity index (χ0v) is 43.8. The molecule has 3 saturated heterocycles. The number of nitrogens with two attached hydrogens (primary N) is 2. The minimum atomic E-state index is -6.22. The molecule has 0 aromatic carbocycles. The van der Waals surface area contributed by atoms with Crippen LogP contribution in [0.3, 0.4) is 0 Å². The third-order valence-corrected chi connectivity index (χ3v) is 18.4. The quantitative estimate of drug-likeness (QED) is 0.0159. The number of anilines is 2. The Balaban J connectivity index is 0.959. The highest BCUT2D eigenvalue weighted by Crippen LogP contribution is 2.68. The number of imidazole rings is 2. The van der Waals surface area contributed by atoms with Crippen LogP contribution < -0.4 is 37.7 Å². The molecule has 41 heteroatoms. The number of aliphatic hydroxyl groups is 3. The minimum Gasteiger partial charge on any atom is -0.778 e. The number of methoxy groups -OCH3 is 2. The van der Waals surface area contributed by atoms with E-state index in [-0.39, 0.29) is 60.3 Å². The summed E-state index contributed by atoms with van der Waals surface area (Å²) in [5, 5.41) is 33.0. The van der Waals surface area contributed by atoms with Gasteiger partial charge in [-0.2, -0.15) is 8.62 Å². The van der Waals surface area contributed by atoms with Crippen LogP contribution in [0.2, 0.25) is 0 Å². The maximum Gasteiger partial charge on any atom is 0.490 e. The average Bonchev–Trinajstić information content (AvgIpc) is 4.24. The van der Waals surface area contributed by atoms with Crippen LogP contribution in [0, 0.1) is 5.92 Å². The van der Waals surface area contributed by atoms with E-state index in [1.165, 1.54) is 29.6 Å². The predicted molar refractivity (Wildman–Crippen MR) is 249 cm³/mol. The summed E-state index contributed by atoms with van der Waals surface area (Å²) in [6.45, 7) is -3.01. The third kappa shape index (κ3) is 12.7. The second-order valence-corrected chi connectivity index (χ2v) is 23.8. The van der Waals surface area contributed by atoms with Gasteiger partial charge >= 0.3 is 34.8 Å². The summed E-state index contributed by atoms with van der Waals surface area (Å²) in [7, 11) is -19.6. The van der Waals surface area contributed by atoms with Gasteiger partial charge in [-0.3, -0.25) is 42.3 Å². The Labute approximate surface area is 430 Å². The molecule has 8 heterocycles. The molecule has 5 aromatic heterocycles. The van der Waals surface area contributed by atoms with E-state index in [4.69, 9.17) is 53.5 Å². The van der Waals surface area contributed by atoms with E-state index in [1.807, 2.05) is 4.98 Å². The first-order chi connectivity index (χ1) is 36.2. The molecule has 12 N–H and O–H groups in total. The van der Waals surface area contributed by atoms with Crippen LogP contribution in [0.25, 0.3) is 22.3 Å². The highest BCUT2D eigenvalue weighted by atomic mass is 31.3. The number of fused-ring (bicyclic) bond motifs is 2. The van der Waals surface area contributed by atoms with Gasteiger partial charge in [-0.1, -0.05) is 4.98 Å². The van der Waals surface area contributed by atoms with E-state index in [0.717, 1.165) is 41.2 Å². The van der Waals surface area contributed by atoms with Crippen LogP contribution in [-0.4, -0.2) is 176 Å². The lowest BCUT2D eigenvalue weighted by molar-refractivity contribution is -0.745. The number of hydrogen-bond donors (Lipinski definition) is 10. The highest BCUT2D eigenvalue weighted by Gasteiger charge is 2.55. The van der Waals surface area contributed by atoms with Crippen molar-refractivity contribution in [3.05, 3.63) is 62.4 Å². The molecule has 0 spiro atoms. The number of phosphoric acid groups is 3. The van der Waals surface area contributed by atoms with E-state index in [9.17, 15) is 67.5 Å². The average molecular weight is 1180 g/mol. The Kier molecular flexibility index (Phi) is 17.7. The number of rotatable bonds is 24. The number of aliphatic hydroxyl groups excluding tert-OH is 3. The SMILES string of the molecule is COCCOCC[C@H]1[C@@H](O)[C@H]([n+]2cn(C)c3c(=O)[nH]c(N)nc32)O[C@@H]1COP(=O)(O)OP(=O)(O)OP(=O)(O)OC[C@H]1O[C@@H](n2cnc3c(N)ncnc32)[C@H](OC)[C@@H]1P(=O)([O-])OC[C@H]1O[C@@H](n2ccc(=O)[nH]c2=O)[C@H](O)[C@@H]1O. The molecule has 426 valence electrons. The largest absolute Gasteiger partial charge is 0.778 e. The second kappa shape index (κ2) is 23.2. The molecule has 8 rings (SSSR count). The summed E-state index contributed by atoms with van der Waals surface area (Å²) in [5.41, 5.74) is 7.15. The molecule has 0 aliphatic carbocycles. The molecule has 5 aromatic rings. The van der Waals surface area contributed by atoms with Crippen molar-refractivity contribution < 1.29 is 108 Å². The van der Waals surface area contributed by atoms with E-state index in [0.29, 0.717) is 0 Å². The Morgan fingerprint density at radius 1 is 0.805 bits per heavy atom. The first kappa shape index (κ1) is 58.5. The van der Waals surface area contributed by atoms with Gasteiger partial charge in [0.25, 0.3) is 17.1 Å². The van der Waals surface area contributed by atoms with E-state index >= 15 is 0 Å². The van der Waals surface area contributed by atoms with Crippen molar-refractivity contribution >= 4 is 65.2 Å². The topological polar surface area (TPSA) is 519 Å². The summed E-state index contributed by atoms with van der Waals surface area (Å²) in [4.78, 5) is 103. The monoisotopic (exact) mass is 1180 g/mol. The normalized spacial score (nSPS) is 29.9. The van der Waals surface area contributed by atoms with Gasteiger partial charge in [0.05, 0.1) is 64.3 Å². The highest BCUT2D eigenvalue weighted by molar-refractivity contribution is 7.66. The molecular weight excluding hydrogens is 1120 g/mol. The van der Waals surface area contributed by atoms with Crippen molar-refractivity contribution in [2.75, 3.05) is 65.3 Å². The van der Waals surface area contributed by atoms with Gasteiger partial charge in [-0.25, -0.2) is 38.0 Å². The van der Waals surface area contributed by atoms with Crippen LogP contribution in [0.4, 0.5) is 11.8 Å². The number of hydrogen-bond acceptors (Lipinski definition) is 28. The first-order valence-corrected chi connectivity index (χ1v) is 28.6. The van der Waals surface area contributed by atoms with E-state index in [1.54, 1.807) is 0 Å². The van der Waals surface area contributed by atoms with Gasteiger partial charge in [0.15, 0.2) is 30.2 Å². The third-order valence-electron chi connectivity index (χ3n) is 12.3. The Morgan fingerprint density at radius 3 is 2.16 bits per heavy atom. The summed E-state index contributed by atoms with van der Waals surface area (Å²) < 4.78 is 116. The van der Waals surface area contributed by atoms with Crippen molar-refractivity contribution in [1.82, 2.24) is 43.6 Å². The maximum atomic E-state index is 14.2. The molecule has 3 fully saturated rings. The van der Waals surface area contributed by atoms with Crippen molar-refractivity contribution in [3.63, 3.8) is 0 Å². The molecule has 0 bridgehead atoms. The van der Waals surface area contributed by atoms with Crippen molar-refractivity contribution in [2.45, 2.75) is 73.5 Å². The summed E-state index contributed by atoms with van der Waals surface area (Å²) >= 11 is 0. The summed E-state index contributed by atoms with van der Waals surface area (Å²) in [6.07, 6.45) is -11.9. The van der Waals surface area contributed by atoms with Gasteiger partial charge in [0.2, 0.25) is 11.7 Å². The number of nitrogens with one attached hydrogen (secondary N) is 2. The molecular formula is C36H52N12O25P4. The van der Waals surface area contributed by atoms with Gasteiger partial charge in [0.1, 0.15) is 50.0 Å². The number of nitrogen functional groups attached to an aromatic ring is 2. The maximum absolute atomic E-state index is 14.2. The molecule has 0 radical (unpaired) electrons. The Morgan fingerprint density at radius 2 is 1.48 bits per heavy atom. The molecule has 0 saturated carbocycles. The number of H-pyrrole nitrogens is 2. The van der Waals surface area contributed by atoms with Gasteiger partial charge in [0, 0.05) is 39.0 Å². The number of ether oxygens (including phenoxy) is 6. The lowest BCUT2D eigenvalue weighted by Gasteiger charge is -2.35. The van der Waals surface area contributed by atoms with Crippen LogP contribution in [-0.2, 0) is 75.9 Å². The summed E-state index contributed by atoms with van der Waals surface area (Å²) in [5.74, 6) is -1.36. The van der Waals surface area contributed by atoms with Crippen molar-refractivity contribution in [3.8, 4) is 0 Å². The standard InChI is InChI=1S/C36H52N12O25P4/c1-45-15-48(30-22(45)31(53)44-35(38)43-30)32-23(50)16(5-7-65-9-8-63-2)17(69-32)10-67-75(57,58)72-77(61,62)73-76(59,60)68-12-19-27(26(64-3)34(71-19)47-14-41-21-28(37)39-13-40-29(21)47)74(55,56)66-11-18-24(51)25(52)33(70-18)46-6-4-20(49)42-36(46)54/h4,6,13-19,23-27,32-34,50-52H,5,7-12H2,1-3H3,(H9-,37,38,39,40,42,43,44,49,53,54,55,56,57,58,59,60,61,62)/t16-,17-,18-,19-,23-,24-,25-,26-,27-,32-,33-,34-/m1/s1. The summed E-state index contributed by atoms with van der Waals surface area (Å²) in [6, 6.07) is 0.917. The van der Waals surface area contributed by atoms with Gasteiger partial charge < -0.3 is 83.9 Å². The Bertz CT molecular complexity index is 3320.